The van der Waals surface area contributed by atoms with Crippen LogP contribution in [0.25, 0.3) is 11.3 Å². The van der Waals surface area contributed by atoms with Crippen molar-refractivity contribution in [2.45, 2.75) is 52.4 Å². The fourth-order valence-corrected chi connectivity index (χ4v) is 2.46. The maximum Gasteiger partial charge on any atom is 0.123 e. The first-order valence-electron chi connectivity index (χ1n) is 7.40. The molecule has 2 rings (SSSR count). The lowest BCUT2D eigenvalue weighted by Crippen LogP contribution is -2.17. The summed E-state index contributed by atoms with van der Waals surface area (Å²) in [5.74, 6) is 0.412. The van der Waals surface area contributed by atoms with Crippen LogP contribution < -0.4 is 0 Å². The lowest BCUT2D eigenvalue weighted by atomic mass is 9.78. The number of phenolic OH excluding ortho intramolecular Hbond substituents is 1. The van der Waals surface area contributed by atoms with Crippen molar-refractivity contribution in [3.8, 4) is 17.0 Å². The Morgan fingerprint density at radius 2 is 1.38 bits per heavy atom. The Hall–Kier alpha value is -1.83. The van der Waals surface area contributed by atoms with Crippen LogP contribution in [-0.4, -0.2) is 10.1 Å². The third kappa shape index (κ3) is 3.26. The molecule has 2 aromatic rings. The molecule has 0 bridgehead atoms. The van der Waals surface area contributed by atoms with E-state index in [-0.39, 0.29) is 10.8 Å². The molecule has 0 atom stereocenters. The van der Waals surface area contributed by atoms with E-state index in [0.29, 0.717) is 5.75 Å². The van der Waals surface area contributed by atoms with Crippen molar-refractivity contribution >= 4 is 0 Å². The van der Waals surface area contributed by atoms with Crippen molar-refractivity contribution in [2.24, 2.45) is 0 Å². The zero-order valence-electron chi connectivity index (χ0n) is 13.9. The van der Waals surface area contributed by atoms with Crippen LogP contribution in [0.5, 0.6) is 5.75 Å². The molecule has 2 heteroatoms. The molecule has 0 aliphatic rings. The molecule has 0 unspecified atom stereocenters. The molecule has 2 nitrogen and oxygen atoms in total. The predicted molar refractivity (Wildman–Crippen MR) is 88.7 cm³/mol. The van der Waals surface area contributed by atoms with Crippen molar-refractivity contribution in [2.75, 3.05) is 0 Å². The summed E-state index contributed by atoms with van der Waals surface area (Å²) < 4.78 is 0. The van der Waals surface area contributed by atoms with Gasteiger partial charge in [-0.05, 0) is 35.1 Å². The summed E-state index contributed by atoms with van der Waals surface area (Å²) in [5.41, 5.74) is 3.70. The summed E-state index contributed by atoms with van der Waals surface area (Å²) in [4.78, 5) is 4.44. The molecule has 0 saturated heterocycles. The summed E-state index contributed by atoms with van der Waals surface area (Å²) in [6.45, 7) is 12.7. The zero-order chi connectivity index (χ0) is 15.8. The van der Waals surface area contributed by atoms with Crippen LogP contribution in [0.4, 0.5) is 0 Å². The molecule has 1 aromatic carbocycles. The third-order valence-electron chi connectivity index (χ3n) is 3.69. The quantitative estimate of drug-likeness (QED) is 0.794. The summed E-state index contributed by atoms with van der Waals surface area (Å²) >= 11 is 0. The molecular weight excluding hydrogens is 258 g/mol. The van der Waals surface area contributed by atoms with E-state index in [4.69, 9.17) is 0 Å². The number of hydrogen-bond donors (Lipinski definition) is 1. The smallest absolute Gasteiger partial charge is 0.123 e. The summed E-state index contributed by atoms with van der Waals surface area (Å²) in [6.07, 6.45) is 1.80. The fraction of sp³-hybridized carbons (Fsp3) is 0.421. The average Bonchev–Trinajstić information content (AvgIpc) is 2.37. The Bertz CT molecular complexity index is 596. The molecule has 0 amide bonds. The second-order valence-electron chi connectivity index (χ2n) is 7.63. The highest BCUT2D eigenvalue weighted by molar-refractivity contribution is 5.66. The maximum atomic E-state index is 10.7. The van der Waals surface area contributed by atoms with Gasteiger partial charge in [0.25, 0.3) is 0 Å². The first kappa shape index (κ1) is 15.6. The molecule has 1 N–H and O–H groups in total. The first-order chi connectivity index (χ1) is 9.60. The summed E-state index contributed by atoms with van der Waals surface area (Å²) in [7, 11) is 0. The predicted octanol–water partition coefficient (Wildman–Crippen LogP) is 5.05. The van der Waals surface area contributed by atoms with E-state index >= 15 is 0 Å². The van der Waals surface area contributed by atoms with Gasteiger partial charge in [-0.3, -0.25) is 4.98 Å². The van der Waals surface area contributed by atoms with E-state index in [2.05, 4.69) is 58.7 Å². The second-order valence-corrected chi connectivity index (χ2v) is 7.63. The average molecular weight is 283 g/mol. The van der Waals surface area contributed by atoms with E-state index in [1.165, 1.54) is 0 Å². The maximum absolute atomic E-state index is 10.7. The SMILES string of the molecule is CC(C)(C)c1cc(-c2ccccn2)cc(C(C)(C)C)c1O. The zero-order valence-corrected chi connectivity index (χ0v) is 13.9. The van der Waals surface area contributed by atoms with Crippen molar-refractivity contribution in [3.05, 3.63) is 47.7 Å². The Morgan fingerprint density at radius 1 is 0.857 bits per heavy atom. The fourth-order valence-electron chi connectivity index (χ4n) is 2.46. The van der Waals surface area contributed by atoms with Gasteiger partial charge in [-0.15, -0.1) is 0 Å². The molecule has 1 aromatic heterocycles. The number of pyridine rings is 1. The highest BCUT2D eigenvalue weighted by Crippen LogP contribution is 2.41. The number of nitrogens with zero attached hydrogens (tertiary/aromatic N) is 1. The topological polar surface area (TPSA) is 33.1 Å². The van der Waals surface area contributed by atoms with Gasteiger partial charge in [0.1, 0.15) is 5.75 Å². The summed E-state index contributed by atoms with van der Waals surface area (Å²) in [6, 6.07) is 10.0. The van der Waals surface area contributed by atoms with Crippen LogP contribution >= 0.6 is 0 Å². The van der Waals surface area contributed by atoms with Crippen molar-refractivity contribution in [1.29, 1.82) is 0 Å². The minimum Gasteiger partial charge on any atom is -0.507 e. The van der Waals surface area contributed by atoms with Gasteiger partial charge in [-0.2, -0.15) is 0 Å². The van der Waals surface area contributed by atoms with Crippen LogP contribution in [0, 0.1) is 0 Å². The van der Waals surface area contributed by atoms with Crippen LogP contribution in [0.3, 0.4) is 0 Å². The Balaban J connectivity index is 2.75. The van der Waals surface area contributed by atoms with Crippen molar-refractivity contribution in [1.82, 2.24) is 4.98 Å². The molecule has 21 heavy (non-hydrogen) atoms. The highest BCUT2D eigenvalue weighted by Gasteiger charge is 2.26. The molecule has 0 spiro atoms. The Morgan fingerprint density at radius 3 is 1.76 bits per heavy atom. The molecule has 112 valence electrons. The van der Waals surface area contributed by atoms with Gasteiger partial charge in [0.2, 0.25) is 0 Å². The largest absolute Gasteiger partial charge is 0.507 e. The van der Waals surface area contributed by atoms with Crippen LogP contribution in [0.2, 0.25) is 0 Å². The van der Waals surface area contributed by atoms with E-state index in [1.807, 2.05) is 18.2 Å². The van der Waals surface area contributed by atoms with E-state index in [9.17, 15) is 5.11 Å². The lowest BCUT2D eigenvalue weighted by molar-refractivity contribution is 0.423. The molecule has 0 aliphatic heterocycles. The van der Waals surface area contributed by atoms with E-state index in [0.717, 1.165) is 22.4 Å². The van der Waals surface area contributed by atoms with Gasteiger partial charge in [-0.25, -0.2) is 0 Å². The number of aromatic hydroxyl groups is 1. The highest BCUT2D eigenvalue weighted by atomic mass is 16.3. The molecule has 0 aliphatic carbocycles. The van der Waals surface area contributed by atoms with Gasteiger partial charge < -0.3 is 5.11 Å². The van der Waals surface area contributed by atoms with Crippen LogP contribution in [-0.2, 0) is 10.8 Å². The summed E-state index contributed by atoms with van der Waals surface area (Å²) in [5, 5.41) is 10.7. The van der Waals surface area contributed by atoms with Gasteiger partial charge in [0.15, 0.2) is 0 Å². The second kappa shape index (κ2) is 5.18. The van der Waals surface area contributed by atoms with Gasteiger partial charge >= 0.3 is 0 Å². The minimum absolute atomic E-state index is 0.116. The van der Waals surface area contributed by atoms with E-state index < -0.39 is 0 Å². The number of benzene rings is 1. The third-order valence-corrected chi connectivity index (χ3v) is 3.69. The van der Waals surface area contributed by atoms with Gasteiger partial charge in [0, 0.05) is 22.9 Å². The first-order valence-corrected chi connectivity index (χ1v) is 7.40. The molecule has 1 heterocycles. The normalized spacial score (nSPS) is 12.5. The Labute approximate surface area is 127 Å². The minimum atomic E-state index is -0.116. The molecule has 0 radical (unpaired) electrons. The molecular formula is C19H25NO. The van der Waals surface area contributed by atoms with Crippen molar-refractivity contribution in [3.63, 3.8) is 0 Å². The van der Waals surface area contributed by atoms with Gasteiger partial charge in [-0.1, -0.05) is 47.6 Å². The van der Waals surface area contributed by atoms with Crippen molar-refractivity contribution < 1.29 is 5.11 Å². The van der Waals surface area contributed by atoms with Crippen LogP contribution in [0.15, 0.2) is 36.5 Å². The molecule has 0 saturated carbocycles. The Kier molecular flexibility index (Phi) is 3.83. The number of rotatable bonds is 1. The number of phenols is 1. The monoisotopic (exact) mass is 283 g/mol. The molecule has 0 fully saturated rings. The number of hydrogen-bond acceptors (Lipinski definition) is 2. The standard InChI is InChI=1S/C19H25NO/c1-18(2,3)14-11-13(16-9-7-8-10-20-16)12-15(17(14)21)19(4,5)6/h7-12,21H,1-6H3. The van der Waals surface area contributed by atoms with Crippen LogP contribution in [0.1, 0.15) is 52.7 Å². The van der Waals surface area contributed by atoms with Gasteiger partial charge in [0.05, 0.1) is 5.69 Å². The number of aromatic nitrogens is 1. The lowest BCUT2D eigenvalue weighted by Gasteiger charge is -2.28. The van der Waals surface area contributed by atoms with E-state index in [1.54, 1.807) is 6.20 Å².